The zero-order valence-electron chi connectivity index (χ0n) is 23.2. The first-order valence-corrected chi connectivity index (χ1v) is 21.1. The molecule has 43 heavy (non-hydrogen) atoms. The summed E-state index contributed by atoms with van der Waals surface area (Å²) in [7, 11) is -3.13. The molecule has 216 valence electrons. The Kier molecular flexibility index (Phi) is 8.13. The van der Waals surface area contributed by atoms with Gasteiger partial charge in [-0.2, -0.15) is 0 Å². The molecule has 0 aliphatic rings. The second-order valence-electron chi connectivity index (χ2n) is 10.7. The minimum absolute atomic E-state index is 0.163. The first-order chi connectivity index (χ1) is 20.7. The molecule has 0 heterocycles. The monoisotopic (exact) mass is 730 g/mol. The Hall–Kier alpha value is -3.20. The molecule has 2 N–H and O–H groups in total. The molecule has 6 aromatic carbocycles. The van der Waals surface area contributed by atoms with Crippen LogP contribution in [-0.4, -0.2) is 22.5 Å². The third kappa shape index (κ3) is 5.07. The number of halogens is 2. The molecule has 0 aliphatic carbocycles. The summed E-state index contributed by atoms with van der Waals surface area (Å²) in [5.74, 6) is -0.358. The Morgan fingerprint density at radius 1 is 0.605 bits per heavy atom. The maximum absolute atomic E-state index is 15.4. The van der Waals surface area contributed by atoms with Crippen LogP contribution >= 0.6 is 43.9 Å². The van der Waals surface area contributed by atoms with Crippen molar-refractivity contribution in [2.24, 2.45) is 0 Å². The van der Waals surface area contributed by atoms with Gasteiger partial charge in [0, 0.05) is 0 Å². The molecule has 0 saturated carbocycles. The van der Waals surface area contributed by atoms with Crippen LogP contribution in [0.15, 0.2) is 150 Å². The summed E-state index contributed by atoms with van der Waals surface area (Å²) in [4.78, 5) is 0. The van der Waals surface area contributed by atoms with Crippen molar-refractivity contribution >= 4 is 81.2 Å². The van der Waals surface area contributed by atoms with E-state index in [1.807, 2.05) is 115 Å². The van der Waals surface area contributed by atoms with Crippen LogP contribution < -0.4 is 26.5 Å². The first kappa shape index (κ1) is 29.9. The van der Waals surface area contributed by atoms with Gasteiger partial charge in [-0.25, -0.2) is 0 Å². The number of phenolic OH excluding ortho intramolecular Hbond substituents is 2. The van der Waals surface area contributed by atoms with E-state index in [0.29, 0.717) is 17.7 Å². The van der Waals surface area contributed by atoms with Gasteiger partial charge in [-0.05, 0) is 0 Å². The molecule has 3 nitrogen and oxygen atoms in total. The van der Waals surface area contributed by atoms with E-state index in [0.717, 1.165) is 36.4 Å². The quantitative estimate of drug-likeness (QED) is 0.123. The van der Waals surface area contributed by atoms with E-state index in [4.69, 9.17) is 0 Å². The summed E-state index contributed by atoms with van der Waals surface area (Å²) < 4.78 is 16.3. The number of aromatic hydroxyl groups is 2. The van der Waals surface area contributed by atoms with Gasteiger partial charge in [-0.3, -0.25) is 0 Å². The number of rotatable bonds is 8. The molecular weight excluding hydrogens is 702 g/mol. The molecule has 7 heteroatoms. The molecule has 0 fully saturated rings. The van der Waals surface area contributed by atoms with Gasteiger partial charge in [-0.1, -0.05) is 0 Å². The predicted molar refractivity (Wildman–Crippen MR) is 192 cm³/mol. The second-order valence-corrected chi connectivity index (χ2v) is 23.6. The number of hydrogen-bond donors (Lipinski definition) is 2. The van der Waals surface area contributed by atoms with Gasteiger partial charge in [0.15, 0.2) is 0 Å². The number of fused-ring (bicyclic) bond motifs is 1. The molecule has 0 amide bonds. The van der Waals surface area contributed by atoms with Gasteiger partial charge in [0.25, 0.3) is 0 Å². The van der Waals surface area contributed by atoms with Gasteiger partial charge in [-0.15, -0.1) is 0 Å². The Bertz CT molecular complexity index is 1870. The molecule has 0 atom stereocenters. The van der Waals surface area contributed by atoms with Crippen LogP contribution in [0, 0.1) is 0 Å². The van der Waals surface area contributed by atoms with Crippen molar-refractivity contribution in [1.29, 1.82) is 0 Å². The zero-order valence-corrected chi connectivity index (χ0v) is 28.2. The second kappa shape index (κ2) is 11.7. The summed E-state index contributed by atoms with van der Waals surface area (Å²) in [5, 5.41) is 24.4. The maximum atomic E-state index is 15.4. The summed E-state index contributed by atoms with van der Waals surface area (Å²) in [6.45, 7) is 0. The zero-order chi connectivity index (χ0) is 30.1. The first-order valence-electron chi connectivity index (χ1n) is 13.9. The molecule has 0 radical (unpaired) electrons. The average Bonchev–Trinajstić information content (AvgIpc) is 3.07. The normalized spacial score (nSPS) is 12.9. The molecule has 0 unspecified atom stereocenters. The molecule has 6 rings (SSSR count). The SMILES string of the molecule is O=P(CCP(Br)(c1ccccc1)(c1ccccc1)c1cc(O)c(O)c2ccc(Br)cc12)(c1ccccc1)c1ccccc1. The van der Waals surface area contributed by atoms with Crippen LogP contribution in [0.5, 0.6) is 11.5 Å². The van der Waals surface area contributed by atoms with Crippen molar-refractivity contribution in [3.8, 4) is 11.5 Å². The van der Waals surface area contributed by atoms with E-state index in [9.17, 15) is 10.2 Å². The third-order valence-electron chi connectivity index (χ3n) is 8.30. The molecule has 6 aromatic rings. The fourth-order valence-electron chi connectivity index (χ4n) is 6.09. The van der Waals surface area contributed by atoms with Crippen molar-refractivity contribution in [1.82, 2.24) is 0 Å². The average molecular weight is 732 g/mol. The van der Waals surface area contributed by atoms with Crippen molar-refractivity contribution < 1.29 is 14.8 Å². The van der Waals surface area contributed by atoms with Crippen LogP contribution in [0.4, 0.5) is 0 Å². The number of phenols is 2. The Morgan fingerprint density at radius 2 is 1.07 bits per heavy atom. The fourth-order valence-corrected chi connectivity index (χ4v) is 19.2. The summed E-state index contributed by atoms with van der Waals surface area (Å²) >= 11 is 8.17. The van der Waals surface area contributed by atoms with E-state index in [-0.39, 0.29) is 11.5 Å². The summed E-state index contributed by atoms with van der Waals surface area (Å²) in [6, 6.07) is 47.4. The Morgan fingerprint density at radius 3 is 1.56 bits per heavy atom. The van der Waals surface area contributed by atoms with Crippen LogP contribution in [0.2, 0.25) is 0 Å². The van der Waals surface area contributed by atoms with Gasteiger partial charge in [0.05, 0.1) is 0 Å². The number of benzene rings is 6. The topological polar surface area (TPSA) is 57.5 Å². The standard InChI is InChI=1S/C36H30Br2O3P2/c37-27-21-22-32-33(25-27)35(26-34(39)36(32)40)43(38,30-17-9-3-10-18-30,31-19-11-4-12-20-31)24-23-42(41,28-13-5-1-6-14-28)29-15-7-2-8-16-29/h1-22,25-26,39-40H,23-24H2. The van der Waals surface area contributed by atoms with Crippen molar-refractivity contribution in [2.75, 3.05) is 12.3 Å². The molecule has 0 aliphatic heterocycles. The Balaban J connectivity index is 1.72. The van der Waals surface area contributed by atoms with Crippen molar-refractivity contribution in [2.45, 2.75) is 0 Å². The van der Waals surface area contributed by atoms with E-state index < -0.39 is 12.4 Å². The van der Waals surface area contributed by atoms with E-state index in [1.165, 1.54) is 0 Å². The van der Waals surface area contributed by atoms with Gasteiger partial charge < -0.3 is 0 Å². The number of hydrogen-bond acceptors (Lipinski definition) is 3. The van der Waals surface area contributed by atoms with E-state index in [1.54, 1.807) is 6.07 Å². The summed E-state index contributed by atoms with van der Waals surface area (Å²) in [6.07, 6.45) is 0.859. The van der Waals surface area contributed by atoms with Gasteiger partial charge in [0.1, 0.15) is 0 Å². The summed E-state index contributed by atoms with van der Waals surface area (Å²) in [5.41, 5.74) is 0. The molecule has 0 spiro atoms. The Labute approximate surface area is 268 Å². The van der Waals surface area contributed by atoms with Gasteiger partial charge >= 0.3 is 270 Å². The van der Waals surface area contributed by atoms with Gasteiger partial charge in [0.2, 0.25) is 0 Å². The fraction of sp³-hybridized carbons (Fsp3) is 0.0556. The van der Waals surface area contributed by atoms with E-state index in [2.05, 4.69) is 55.7 Å². The van der Waals surface area contributed by atoms with Crippen LogP contribution in [0.25, 0.3) is 10.8 Å². The molecule has 0 aromatic heterocycles. The molecule has 0 saturated heterocycles. The minimum atomic E-state index is -3.73. The van der Waals surface area contributed by atoms with E-state index >= 15 is 4.57 Å². The van der Waals surface area contributed by atoms with Crippen molar-refractivity contribution in [3.05, 3.63) is 150 Å². The van der Waals surface area contributed by atoms with Crippen molar-refractivity contribution in [3.63, 3.8) is 0 Å². The molecule has 0 bridgehead atoms. The predicted octanol–water partition coefficient (Wildman–Crippen LogP) is 8.17. The molecular formula is C36H30Br2O3P2. The van der Waals surface area contributed by atoms with Crippen LogP contribution in [-0.2, 0) is 4.57 Å². The van der Waals surface area contributed by atoms with Crippen LogP contribution in [0.1, 0.15) is 0 Å². The third-order valence-corrected chi connectivity index (χ3v) is 22.1. The van der Waals surface area contributed by atoms with Crippen LogP contribution in [0.3, 0.4) is 0 Å².